The zero-order chi connectivity index (χ0) is 15.9. The Morgan fingerprint density at radius 3 is 2.57 bits per heavy atom. The van der Waals surface area contributed by atoms with Gasteiger partial charge < -0.3 is 4.84 Å². The fraction of sp³-hybridized carbons (Fsp3) is 0.381. The van der Waals surface area contributed by atoms with Crippen molar-refractivity contribution in [2.75, 3.05) is 0 Å². The van der Waals surface area contributed by atoms with Crippen LogP contribution in [0.1, 0.15) is 60.3 Å². The Morgan fingerprint density at radius 2 is 1.83 bits per heavy atom. The zero-order valence-corrected chi connectivity index (χ0v) is 13.9. The van der Waals surface area contributed by atoms with Gasteiger partial charge in [0.2, 0.25) is 0 Å². The van der Waals surface area contributed by atoms with E-state index in [9.17, 15) is 0 Å². The van der Waals surface area contributed by atoms with Gasteiger partial charge in [0, 0.05) is 0 Å². The van der Waals surface area contributed by atoms with Crippen LogP contribution >= 0.6 is 0 Å². The first-order valence-corrected chi connectivity index (χ1v) is 8.62. The molecule has 2 aromatic carbocycles. The number of hydrogen-bond acceptors (Lipinski definition) is 2. The van der Waals surface area contributed by atoms with Gasteiger partial charge >= 0.3 is 0 Å². The molecule has 0 saturated heterocycles. The third-order valence-electron chi connectivity index (χ3n) is 4.60. The third kappa shape index (κ3) is 4.69. The van der Waals surface area contributed by atoms with E-state index < -0.39 is 0 Å². The monoisotopic (exact) mass is 307 g/mol. The van der Waals surface area contributed by atoms with E-state index in [-0.39, 0.29) is 0 Å². The summed E-state index contributed by atoms with van der Waals surface area (Å²) in [6.45, 7) is 2.60. The molecule has 0 spiro atoms. The van der Waals surface area contributed by atoms with Gasteiger partial charge in [-0.3, -0.25) is 0 Å². The smallest absolute Gasteiger partial charge is 0.142 e. The van der Waals surface area contributed by atoms with E-state index in [1.807, 2.05) is 6.07 Å². The van der Waals surface area contributed by atoms with Crippen LogP contribution in [0.3, 0.4) is 0 Å². The Balaban J connectivity index is 1.51. The molecule has 0 bridgehead atoms. The molecule has 23 heavy (non-hydrogen) atoms. The van der Waals surface area contributed by atoms with Crippen molar-refractivity contribution in [3.8, 4) is 0 Å². The maximum absolute atomic E-state index is 5.39. The molecule has 2 heteroatoms. The van der Waals surface area contributed by atoms with Crippen LogP contribution in [0, 0.1) is 6.92 Å². The number of oxime groups is 1. The van der Waals surface area contributed by atoms with E-state index >= 15 is 0 Å². The standard InChI is InChI=1S/C21H25NO/c1-17-6-5-7-19(14-17)16-23-22-15-18-10-12-21(13-11-18)20-8-3-2-4-9-20/h5-7,10-15,20H,2-4,8-9,16H2,1H3. The van der Waals surface area contributed by atoms with E-state index in [1.165, 1.54) is 43.2 Å². The predicted octanol–water partition coefficient (Wildman–Crippen LogP) is 5.59. The summed E-state index contributed by atoms with van der Waals surface area (Å²) in [4.78, 5) is 5.39. The van der Waals surface area contributed by atoms with Gasteiger partial charge in [0.1, 0.15) is 6.61 Å². The Labute approximate surface area is 139 Å². The summed E-state index contributed by atoms with van der Waals surface area (Å²) in [5.41, 5.74) is 4.96. The van der Waals surface area contributed by atoms with Crippen molar-refractivity contribution in [2.24, 2.45) is 5.16 Å². The van der Waals surface area contributed by atoms with Gasteiger partial charge in [-0.05, 0) is 42.4 Å². The molecule has 0 atom stereocenters. The van der Waals surface area contributed by atoms with Crippen molar-refractivity contribution in [3.05, 3.63) is 70.8 Å². The summed E-state index contributed by atoms with van der Waals surface area (Å²) in [6, 6.07) is 17.1. The van der Waals surface area contributed by atoms with E-state index in [1.54, 1.807) is 6.21 Å². The van der Waals surface area contributed by atoms with Crippen LogP contribution in [0.15, 0.2) is 53.7 Å². The minimum atomic E-state index is 0.512. The molecule has 0 heterocycles. The maximum Gasteiger partial charge on any atom is 0.142 e. The Morgan fingerprint density at radius 1 is 1.04 bits per heavy atom. The molecule has 120 valence electrons. The van der Waals surface area contributed by atoms with E-state index in [2.05, 4.69) is 54.5 Å². The first kappa shape index (κ1) is 15.8. The predicted molar refractivity (Wildman–Crippen MR) is 95.8 cm³/mol. The van der Waals surface area contributed by atoms with Crippen LogP contribution in [0.5, 0.6) is 0 Å². The highest BCUT2D eigenvalue weighted by molar-refractivity contribution is 5.79. The van der Waals surface area contributed by atoms with E-state index in [4.69, 9.17) is 4.84 Å². The molecule has 2 aromatic rings. The topological polar surface area (TPSA) is 21.6 Å². The van der Waals surface area contributed by atoms with Crippen molar-refractivity contribution < 1.29 is 4.84 Å². The lowest BCUT2D eigenvalue weighted by Crippen LogP contribution is -2.04. The van der Waals surface area contributed by atoms with Crippen LogP contribution in [0.2, 0.25) is 0 Å². The zero-order valence-electron chi connectivity index (χ0n) is 13.9. The van der Waals surface area contributed by atoms with Gasteiger partial charge in [0.15, 0.2) is 0 Å². The molecule has 0 N–H and O–H groups in total. The quantitative estimate of drug-likeness (QED) is 0.521. The van der Waals surface area contributed by atoms with Gasteiger partial charge in [-0.15, -0.1) is 0 Å². The molecule has 1 fully saturated rings. The molecule has 0 amide bonds. The molecule has 3 rings (SSSR count). The molecular formula is C21H25NO. The van der Waals surface area contributed by atoms with Crippen LogP contribution in [-0.4, -0.2) is 6.21 Å². The maximum atomic E-state index is 5.39. The van der Waals surface area contributed by atoms with Gasteiger partial charge in [-0.2, -0.15) is 0 Å². The van der Waals surface area contributed by atoms with E-state index in [0.717, 1.165) is 17.0 Å². The van der Waals surface area contributed by atoms with Crippen LogP contribution in [0.4, 0.5) is 0 Å². The highest BCUT2D eigenvalue weighted by Gasteiger charge is 2.14. The number of aryl methyl sites for hydroxylation is 1. The molecule has 0 radical (unpaired) electrons. The molecule has 1 aliphatic carbocycles. The lowest BCUT2D eigenvalue weighted by Gasteiger charge is -2.21. The van der Waals surface area contributed by atoms with Crippen molar-refractivity contribution in [1.82, 2.24) is 0 Å². The average Bonchev–Trinajstić information content (AvgIpc) is 2.60. The van der Waals surface area contributed by atoms with Gasteiger partial charge in [0.25, 0.3) is 0 Å². The van der Waals surface area contributed by atoms with Crippen LogP contribution < -0.4 is 0 Å². The number of hydrogen-bond donors (Lipinski definition) is 0. The second-order valence-electron chi connectivity index (χ2n) is 6.50. The third-order valence-corrected chi connectivity index (χ3v) is 4.60. The summed E-state index contributed by atoms with van der Waals surface area (Å²) in [5, 5.41) is 4.08. The van der Waals surface area contributed by atoms with E-state index in [0.29, 0.717) is 6.61 Å². The highest BCUT2D eigenvalue weighted by atomic mass is 16.6. The second-order valence-corrected chi connectivity index (χ2v) is 6.50. The summed E-state index contributed by atoms with van der Waals surface area (Å²) in [6.07, 6.45) is 8.63. The number of benzene rings is 2. The molecule has 1 aliphatic rings. The second kappa shape index (κ2) is 7.96. The largest absolute Gasteiger partial charge is 0.391 e. The average molecular weight is 307 g/mol. The summed E-state index contributed by atoms with van der Waals surface area (Å²) >= 11 is 0. The normalized spacial score (nSPS) is 15.9. The first-order chi connectivity index (χ1) is 11.3. The van der Waals surface area contributed by atoms with Crippen LogP contribution in [-0.2, 0) is 11.4 Å². The Kier molecular flexibility index (Phi) is 5.46. The summed E-state index contributed by atoms with van der Waals surface area (Å²) in [7, 11) is 0. The Hall–Kier alpha value is -2.09. The fourth-order valence-corrected chi connectivity index (χ4v) is 3.30. The van der Waals surface area contributed by atoms with Crippen molar-refractivity contribution in [3.63, 3.8) is 0 Å². The Bertz CT molecular complexity index is 639. The van der Waals surface area contributed by atoms with Gasteiger partial charge in [-0.1, -0.05) is 78.5 Å². The SMILES string of the molecule is Cc1cccc(CON=Cc2ccc(C3CCCCC3)cc2)c1. The van der Waals surface area contributed by atoms with Gasteiger partial charge in [0.05, 0.1) is 6.21 Å². The summed E-state index contributed by atoms with van der Waals surface area (Å²) < 4.78 is 0. The van der Waals surface area contributed by atoms with Crippen molar-refractivity contribution in [2.45, 2.75) is 51.6 Å². The summed E-state index contributed by atoms with van der Waals surface area (Å²) in [5.74, 6) is 0.757. The number of nitrogens with zero attached hydrogens (tertiary/aromatic N) is 1. The molecule has 0 aromatic heterocycles. The molecule has 0 aliphatic heterocycles. The minimum absolute atomic E-state index is 0.512. The molecule has 0 unspecified atom stereocenters. The van der Waals surface area contributed by atoms with Crippen molar-refractivity contribution in [1.29, 1.82) is 0 Å². The minimum Gasteiger partial charge on any atom is -0.391 e. The van der Waals surface area contributed by atoms with Crippen molar-refractivity contribution >= 4 is 6.21 Å². The lowest BCUT2D eigenvalue weighted by molar-refractivity contribution is 0.132. The highest BCUT2D eigenvalue weighted by Crippen LogP contribution is 2.32. The molecule has 2 nitrogen and oxygen atoms in total. The van der Waals surface area contributed by atoms with Gasteiger partial charge in [-0.25, -0.2) is 0 Å². The number of rotatable bonds is 5. The lowest BCUT2D eigenvalue weighted by atomic mass is 9.84. The first-order valence-electron chi connectivity index (χ1n) is 8.62. The molecule has 1 saturated carbocycles. The van der Waals surface area contributed by atoms with Crippen LogP contribution in [0.25, 0.3) is 0 Å². The fourth-order valence-electron chi connectivity index (χ4n) is 3.30. The molecular weight excluding hydrogens is 282 g/mol.